The quantitative estimate of drug-likeness (QED) is 0.941. The van der Waals surface area contributed by atoms with Crippen LogP contribution in [0.3, 0.4) is 0 Å². The maximum Gasteiger partial charge on any atom is 0.129 e. The fourth-order valence-corrected chi connectivity index (χ4v) is 2.18. The lowest BCUT2D eigenvalue weighted by Gasteiger charge is -2.11. The van der Waals surface area contributed by atoms with Crippen molar-refractivity contribution in [3.8, 4) is 0 Å². The average molecular weight is 314 g/mol. The van der Waals surface area contributed by atoms with Gasteiger partial charge in [0.2, 0.25) is 0 Å². The number of hydrogen-bond donors (Lipinski definition) is 1. The van der Waals surface area contributed by atoms with E-state index in [4.69, 9.17) is 14.9 Å². The Morgan fingerprint density at radius 2 is 2.17 bits per heavy atom. The van der Waals surface area contributed by atoms with Gasteiger partial charge in [-0.2, -0.15) is 0 Å². The van der Waals surface area contributed by atoms with E-state index in [0.717, 1.165) is 4.47 Å². The molecule has 0 bridgehead atoms. The molecule has 0 spiro atoms. The summed E-state index contributed by atoms with van der Waals surface area (Å²) in [5, 5.41) is 0. The zero-order chi connectivity index (χ0) is 13.1. The maximum absolute atomic E-state index is 13.2. The third-order valence-electron chi connectivity index (χ3n) is 2.57. The molecule has 96 valence electrons. The van der Waals surface area contributed by atoms with E-state index in [1.165, 1.54) is 12.1 Å². The lowest BCUT2D eigenvalue weighted by atomic mass is 10.1. The van der Waals surface area contributed by atoms with Crippen molar-refractivity contribution in [1.82, 2.24) is 0 Å². The fourth-order valence-electron chi connectivity index (χ4n) is 1.69. The van der Waals surface area contributed by atoms with Crippen LogP contribution in [0, 0.1) is 5.82 Å². The molecular formula is C13H13BrFNO2. The van der Waals surface area contributed by atoms with Crippen LogP contribution in [0.25, 0.3) is 0 Å². The number of rotatable bonds is 4. The van der Waals surface area contributed by atoms with Gasteiger partial charge in [-0.3, -0.25) is 0 Å². The molecule has 1 atom stereocenters. The first-order valence-electron chi connectivity index (χ1n) is 5.40. The Kier molecular flexibility index (Phi) is 4.16. The normalized spacial score (nSPS) is 12.7. The molecule has 0 aliphatic heterocycles. The van der Waals surface area contributed by atoms with Crippen LogP contribution >= 0.6 is 15.9 Å². The molecule has 18 heavy (non-hydrogen) atoms. The fraction of sp³-hybridized carbons (Fsp3) is 0.231. The number of furan rings is 1. The van der Waals surface area contributed by atoms with Crippen molar-refractivity contribution in [3.05, 3.63) is 57.7 Å². The molecule has 2 aromatic rings. The first kappa shape index (κ1) is 13.3. The van der Waals surface area contributed by atoms with Crippen molar-refractivity contribution in [2.75, 3.05) is 7.11 Å². The molecule has 5 heteroatoms. The van der Waals surface area contributed by atoms with E-state index < -0.39 is 6.04 Å². The van der Waals surface area contributed by atoms with Crippen molar-refractivity contribution >= 4 is 15.9 Å². The minimum Gasteiger partial charge on any atom is -0.462 e. The van der Waals surface area contributed by atoms with Gasteiger partial charge in [0.25, 0.3) is 0 Å². The van der Waals surface area contributed by atoms with Gasteiger partial charge in [-0.1, -0.05) is 15.9 Å². The molecule has 1 aromatic heterocycles. The monoisotopic (exact) mass is 313 g/mol. The van der Waals surface area contributed by atoms with Gasteiger partial charge in [-0.25, -0.2) is 4.39 Å². The first-order chi connectivity index (χ1) is 8.61. The molecule has 0 fully saturated rings. The average Bonchev–Trinajstić information content (AvgIpc) is 2.80. The Morgan fingerprint density at radius 1 is 1.39 bits per heavy atom. The summed E-state index contributed by atoms with van der Waals surface area (Å²) < 4.78 is 24.5. The van der Waals surface area contributed by atoms with Gasteiger partial charge >= 0.3 is 0 Å². The van der Waals surface area contributed by atoms with E-state index in [9.17, 15) is 4.39 Å². The smallest absolute Gasteiger partial charge is 0.129 e. The number of benzene rings is 1. The molecule has 0 amide bonds. The van der Waals surface area contributed by atoms with E-state index in [2.05, 4.69) is 15.9 Å². The van der Waals surface area contributed by atoms with E-state index in [-0.39, 0.29) is 5.82 Å². The summed E-state index contributed by atoms with van der Waals surface area (Å²) in [7, 11) is 1.59. The zero-order valence-corrected chi connectivity index (χ0v) is 11.4. The lowest BCUT2D eigenvalue weighted by Crippen LogP contribution is -2.12. The Hall–Kier alpha value is -1.17. The number of halogens is 2. The summed E-state index contributed by atoms with van der Waals surface area (Å²) in [6.07, 6.45) is 0. The molecule has 1 aromatic carbocycles. The summed E-state index contributed by atoms with van der Waals surface area (Å²) in [6.45, 7) is 0.386. The van der Waals surface area contributed by atoms with Crippen LogP contribution in [-0.4, -0.2) is 7.11 Å². The molecule has 0 saturated heterocycles. The third-order valence-corrected chi connectivity index (χ3v) is 3.29. The first-order valence-corrected chi connectivity index (χ1v) is 6.19. The molecule has 0 radical (unpaired) electrons. The maximum atomic E-state index is 13.2. The highest BCUT2D eigenvalue weighted by Gasteiger charge is 2.16. The third kappa shape index (κ3) is 2.80. The van der Waals surface area contributed by atoms with Crippen LogP contribution in [0.4, 0.5) is 4.39 Å². The summed E-state index contributed by atoms with van der Waals surface area (Å²) in [5.41, 5.74) is 6.71. The van der Waals surface area contributed by atoms with Crippen LogP contribution in [0.15, 0.2) is 39.2 Å². The van der Waals surface area contributed by atoms with Crippen LogP contribution in [-0.2, 0) is 11.3 Å². The minimum absolute atomic E-state index is 0.327. The van der Waals surface area contributed by atoms with Crippen molar-refractivity contribution in [2.24, 2.45) is 5.73 Å². The largest absolute Gasteiger partial charge is 0.462 e. The molecule has 2 N–H and O–H groups in total. The van der Waals surface area contributed by atoms with Crippen LogP contribution in [0.5, 0.6) is 0 Å². The van der Waals surface area contributed by atoms with Gasteiger partial charge in [0.05, 0.1) is 6.04 Å². The molecule has 2 rings (SSSR count). The second-order valence-corrected chi connectivity index (χ2v) is 4.73. The van der Waals surface area contributed by atoms with Crippen molar-refractivity contribution in [3.63, 3.8) is 0 Å². The van der Waals surface area contributed by atoms with Gasteiger partial charge < -0.3 is 14.9 Å². The minimum atomic E-state index is -0.513. The van der Waals surface area contributed by atoms with Crippen LogP contribution in [0.1, 0.15) is 23.1 Å². The number of nitrogens with two attached hydrogens (primary N) is 1. The zero-order valence-electron chi connectivity index (χ0n) is 9.82. The standard InChI is InChI=1S/C13H13BrFNO2/c1-17-7-9-3-5-12(18-9)13(16)10-6-8(15)2-4-11(10)14/h2-6,13H,7,16H2,1H3. The summed E-state index contributed by atoms with van der Waals surface area (Å²) in [4.78, 5) is 0. The Labute approximate surface area is 113 Å². The molecule has 1 unspecified atom stereocenters. The predicted octanol–water partition coefficient (Wildman–Crippen LogP) is 3.38. The number of hydrogen-bond acceptors (Lipinski definition) is 3. The van der Waals surface area contributed by atoms with Gasteiger partial charge in [-0.15, -0.1) is 0 Å². The Balaban J connectivity index is 2.29. The van der Waals surface area contributed by atoms with Crippen molar-refractivity contribution < 1.29 is 13.5 Å². The van der Waals surface area contributed by atoms with Gasteiger partial charge in [-0.05, 0) is 35.9 Å². The summed E-state index contributed by atoms with van der Waals surface area (Å²) in [5.74, 6) is 0.941. The highest BCUT2D eigenvalue weighted by atomic mass is 79.9. The number of methoxy groups -OCH3 is 1. The number of ether oxygens (including phenoxy) is 1. The van der Waals surface area contributed by atoms with Gasteiger partial charge in [0.15, 0.2) is 0 Å². The molecule has 3 nitrogen and oxygen atoms in total. The van der Waals surface area contributed by atoms with Crippen LogP contribution in [0.2, 0.25) is 0 Å². The SMILES string of the molecule is COCc1ccc(C(N)c2cc(F)ccc2Br)o1. The lowest BCUT2D eigenvalue weighted by molar-refractivity contribution is 0.162. The molecule has 0 saturated carbocycles. The van der Waals surface area contributed by atoms with Crippen molar-refractivity contribution in [1.29, 1.82) is 0 Å². The molecule has 0 aliphatic rings. The molecular weight excluding hydrogens is 301 g/mol. The second-order valence-electron chi connectivity index (χ2n) is 3.88. The summed E-state index contributed by atoms with van der Waals surface area (Å²) >= 11 is 3.35. The highest BCUT2D eigenvalue weighted by Crippen LogP contribution is 2.28. The summed E-state index contributed by atoms with van der Waals surface area (Å²) in [6, 6.07) is 7.46. The van der Waals surface area contributed by atoms with Gasteiger partial charge in [0, 0.05) is 11.6 Å². The van der Waals surface area contributed by atoms with E-state index >= 15 is 0 Å². The van der Waals surface area contributed by atoms with E-state index in [0.29, 0.717) is 23.7 Å². The van der Waals surface area contributed by atoms with Crippen molar-refractivity contribution in [2.45, 2.75) is 12.6 Å². The Morgan fingerprint density at radius 3 is 2.89 bits per heavy atom. The Bertz CT molecular complexity index is 542. The highest BCUT2D eigenvalue weighted by molar-refractivity contribution is 9.10. The topological polar surface area (TPSA) is 48.4 Å². The van der Waals surface area contributed by atoms with E-state index in [1.807, 2.05) is 0 Å². The predicted molar refractivity (Wildman–Crippen MR) is 69.6 cm³/mol. The second kappa shape index (κ2) is 5.65. The molecule has 1 heterocycles. The van der Waals surface area contributed by atoms with Gasteiger partial charge in [0.1, 0.15) is 23.9 Å². The van der Waals surface area contributed by atoms with E-state index in [1.54, 1.807) is 25.3 Å². The molecule has 0 aliphatic carbocycles. The van der Waals surface area contributed by atoms with Crippen LogP contribution < -0.4 is 5.73 Å².